The molecule has 2 rings (SSSR count). The SMILES string of the molecule is CC(=O)OC[C@@H](OC(C)=O)[C@@H](OC(C)=O)[C@H](OC(C)=O)[C@@H](/C=N/N(C(C)=O)c1cc(C)c2cc(Cl)ccc2n1)OC(C)=O. The van der Waals surface area contributed by atoms with Gasteiger partial charge < -0.3 is 23.7 Å². The van der Waals surface area contributed by atoms with E-state index in [0.29, 0.717) is 10.5 Å². The molecule has 14 nitrogen and oxygen atoms in total. The number of ether oxygens (including phenoxy) is 5. The summed E-state index contributed by atoms with van der Waals surface area (Å²) in [6.45, 7) is 7.64. The van der Waals surface area contributed by atoms with Gasteiger partial charge in [0.1, 0.15) is 6.61 Å². The average Bonchev–Trinajstić information content (AvgIpc) is 2.87. The second-order valence-electron chi connectivity index (χ2n) is 9.23. The third kappa shape index (κ3) is 10.6. The minimum atomic E-state index is -1.70. The van der Waals surface area contributed by atoms with Crippen LogP contribution in [0.2, 0.25) is 5.02 Å². The van der Waals surface area contributed by atoms with Crippen LogP contribution in [0.5, 0.6) is 0 Å². The molecule has 0 aliphatic rings. The minimum absolute atomic E-state index is 0.103. The summed E-state index contributed by atoms with van der Waals surface area (Å²) in [6.07, 6.45) is -5.54. The highest BCUT2D eigenvalue weighted by Crippen LogP contribution is 2.26. The number of benzene rings is 1. The molecular weight excluding hydrogens is 590 g/mol. The fourth-order valence-corrected chi connectivity index (χ4v) is 4.10. The molecule has 0 aliphatic carbocycles. The van der Waals surface area contributed by atoms with Crippen LogP contribution >= 0.6 is 11.6 Å². The third-order valence-corrected chi connectivity index (χ3v) is 5.73. The molecule has 1 heterocycles. The first-order valence-corrected chi connectivity index (χ1v) is 13.2. The van der Waals surface area contributed by atoms with Crippen LogP contribution in [0.15, 0.2) is 29.4 Å². The van der Waals surface area contributed by atoms with E-state index in [-0.39, 0.29) is 5.82 Å². The zero-order valence-corrected chi connectivity index (χ0v) is 25.4. The number of rotatable bonds is 12. The number of halogens is 1. The molecule has 2 aromatic rings. The maximum Gasteiger partial charge on any atom is 0.303 e. The number of fused-ring (bicyclic) bond motifs is 1. The van der Waals surface area contributed by atoms with Gasteiger partial charge in [-0.3, -0.25) is 28.8 Å². The number of hydrazone groups is 1. The van der Waals surface area contributed by atoms with Gasteiger partial charge in [-0.2, -0.15) is 10.1 Å². The lowest BCUT2D eigenvalue weighted by Crippen LogP contribution is -2.53. The molecule has 1 aromatic heterocycles. The van der Waals surface area contributed by atoms with Crippen molar-refractivity contribution in [1.82, 2.24) is 4.98 Å². The van der Waals surface area contributed by atoms with Gasteiger partial charge >= 0.3 is 29.8 Å². The molecular formula is C28H32ClN3O11. The Labute approximate surface area is 252 Å². The number of anilines is 1. The first kappa shape index (κ1) is 34.6. The Kier molecular flexibility index (Phi) is 12.5. The van der Waals surface area contributed by atoms with Crippen molar-refractivity contribution in [1.29, 1.82) is 0 Å². The highest BCUT2D eigenvalue weighted by Gasteiger charge is 2.43. The molecule has 0 unspecified atom stereocenters. The highest BCUT2D eigenvalue weighted by molar-refractivity contribution is 6.31. The number of aromatic nitrogens is 1. The summed E-state index contributed by atoms with van der Waals surface area (Å²) in [7, 11) is 0. The van der Waals surface area contributed by atoms with E-state index in [1.165, 1.54) is 6.92 Å². The molecule has 15 heteroatoms. The monoisotopic (exact) mass is 621 g/mol. The number of pyridine rings is 1. The molecule has 0 spiro atoms. The lowest BCUT2D eigenvalue weighted by atomic mass is 10.0. The zero-order valence-electron chi connectivity index (χ0n) is 24.6. The second-order valence-corrected chi connectivity index (χ2v) is 9.66. The van der Waals surface area contributed by atoms with Crippen molar-refractivity contribution in [2.75, 3.05) is 11.6 Å². The summed E-state index contributed by atoms with van der Waals surface area (Å²) in [5, 5.41) is 6.31. The van der Waals surface area contributed by atoms with Crippen LogP contribution < -0.4 is 5.01 Å². The maximum absolute atomic E-state index is 12.7. The predicted octanol–water partition coefficient (Wildman–Crippen LogP) is 2.83. The van der Waals surface area contributed by atoms with Gasteiger partial charge in [0, 0.05) is 52.0 Å². The topological polar surface area (TPSA) is 177 Å². The molecule has 232 valence electrons. The van der Waals surface area contributed by atoms with E-state index in [0.717, 1.165) is 56.8 Å². The van der Waals surface area contributed by atoms with Gasteiger partial charge in [-0.15, -0.1) is 0 Å². The fraction of sp³-hybridized carbons (Fsp3) is 0.429. The van der Waals surface area contributed by atoms with Gasteiger partial charge in [-0.05, 0) is 36.8 Å². The van der Waals surface area contributed by atoms with Crippen LogP contribution in [0, 0.1) is 6.92 Å². The van der Waals surface area contributed by atoms with Crippen LogP contribution in [0.1, 0.15) is 47.1 Å². The number of esters is 5. The quantitative estimate of drug-likeness (QED) is 0.147. The Bertz CT molecular complexity index is 1430. The van der Waals surface area contributed by atoms with Crippen molar-refractivity contribution in [3.63, 3.8) is 0 Å². The average molecular weight is 622 g/mol. The summed E-state index contributed by atoms with van der Waals surface area (Å²) >= 11 is 6.10. The summed E-state index contributed by atoms with van der Waals surface area (Å²) in [5.41, 5.74) is 1.24. The normalized spacial score (nSPS) is 13.8. The summed E-state index contributed by atoms with van der Waals surface area (Å²) < 4.78 is 26.3. The first-order valence-electron chi connectivity index (χ1n) is 12.8. The number of carbonyl (C=O) groups is 6. The Morgan fingerprint density at radius 3 is 1.95 bits per heavy atom. The van der Waals surface area contributed by atoms with E-state index in [4.69, 9.17) is 35.3 Å². The van der Waals surface area contributed by atoms with Crippen LogP contribution in [-0.2, 0) is 52.5 Å². The van der Waals surface area contributed by atoms with Crippen LogP contribution in [-0.4, -0.2) is 78.0 Å². The van der Waals surface area contributed by atoms with Crippen molar-refractivity contribution in [3.05, 3.63) is 34.9 Å². The number of hydrogen-bond acceptors (Lipinski definition) is 13. The number of nitrogens with zero attached hydrogens (tertiary/aromatic N) is 3. The molecule has 0 bridgehead atoms. The van der Waals surface area contributed by atoms with E-state index in [9.17, 15) is 28.8 Å². The van der Waals surface area contributed by atoms with Crippen LogP contribution in [0.4, 0.5) is 5.82 Å². The molecule has 0 radical (unpaired) electrons. The molecule has 0 fully saturated rings. The van der Waals surface area contributed by atoms with Gasteiger partial charge in [0.2, 0.25) is 5.91 Å². The van der Waals surface area contributed by atoms with Gasteiger partial charge in [0.15, 0.2) is 30.2 Å². The predicted molar refractivity (Wildman–Crippen MR) is 152 cm³/mol. The zero-order chi connectivity index (χ0) is 32.4. The molecule has 43 heavy (non-hydrogen) atoms. The highest BCUT2D eigenvalue weighted by atomic mass is 35.5. The summed E-state index contributed by atoms with van der Waals surface area (Å²) in [4.78, 5) is 76.9. The number of amides is 1. The number of aryl methyl sites for hydroxylation is 1. The van der Waals surface area contributed by atoms with E-state index in [2.05, 4.69) is 10.1 Å². The third-order valence-electron chi connectivity index (χ3n) is 5.50. The Balaban J connectivity index is 2.66. The van der Waals surface area contributed by atoms with Gasteiger partial charge in [-0.25, -0.2) is 4.98 Å². The van der Waals surface area contributed by atoms with E-state index >= 15 is 0 Å². The molecule has 0 saturated heterocycles. The van der Waals surface area contributed by atoms with Crippen molar-refractivity contribution in [2.24, 2.45) is 5.10 Å². The molecule has 0 N–H and O–H groups in total. The number of hydrogen-bond donors (Lipinski definition) is 0. The van der Waals surface area contributed by atoms with Crippen LogP contribution in [0.25, 0.3) is 10.9 Å². The second kappa shape index (κ2) is 15.6. The lowest BCUT2D eigenvalue weighted by Gasteiger charge is -2.34. The molecule has 0 aliphatic heterocycles. The molecule has 1 aromatic carbocycles. The minimum Gasteiger partial charge on any atom is -0.462 e. The van der Waals surface area contributed by atoms with E-state index in [1.54, 1.807) is 31.2 Å². The van der Waals surface area contributed by atoms with E-state index in [1.807, 2.05) is 0 Å². The van der Waals surface area contributed by atoms with Crippen molar-refractivity contribution in [3.8, 4) is 0 Å². The Morgan fingerprint density at radius 1 is 0.837 bits per heavy atom. The van der Waals surface area contributed by atoms with Crippen molar-refractivity contribution in [2.45, 2.75) is 72.9 Å². The van der Waals surface area contributed by atoms with E-state index < -0.39 is 66.8 Å². The summed E-state index contributed by atoms with van der Waals surface area (Å²) in [6, 6.07) is 6.59. The Hall–Kier alpha value is -4.59. The molecule has 0 saturated carbocycles. The maximum atomic E-state index is 12.7. The van der Waals surface area contributed by atoms with Crippen molar-refractivity contribution >= 4 is 70.3 Å². The lowest BCUT2D eigenvalue weighted by molar-refractivity contribution is -0.197. The largest absolute Gasteiger partial charge is 0.462 e. The Morgan fingerprint density at radius 2 is 1.42 bits per heavy atom. The summed E-state index contributed by atoms with van der Waals surface area (Å²) in [5.74, 6) is -4.77. The first-order chi connectivity index (χ1) is 20.1. The fourth-order valence-electron chi connectivity index (χ4n) is 3.93. The van der Waals surface area contributed by atoms with Gasteiger partial charge in [0.25, 0.3) is 0 Å². The molecule has 4 atom stereocenters. The van der Waals surface area contributed by atoms with Gasteiger partial charge in [0.05, 0.1) is 11.7 Å². The van der Waals surface area contributed by atoms with Gasteiger partial charge in [-0.1, -0.05) is 11.6 Å². The van der Waals surface area contributed by atoms with Crippen molar-refractivity contribution < 1.29 is 52.5 Å². The smallest absolute Gasteiger partial charge is 0.303 e. The number of carbonyl (C=O) groups excluding carboxylic acids is 6. The van der Waals surface area contributed by atoms with Crippen LogP contribution in [0.3, 0.4) is 0 Å². The standard InChI is InChI=1S/C28H32ClN3O11/c1-14-10-26(31-23-9-8-21(29)11-22(14)23)32(15(2)33)30-12-24(40-17(4)35)27(42-19(6)37)28(43-20(7)38)25(41-18(5)36)13-39-16(3)34/h8-12,24-25,27-28H,13H2,1-7H3/b30-12+/t24-,25-,27-,28-/m1/s1. The molecule has 1 amide bonds.